The third kappa shape index (κ3) is 5.83. The number of likely N-dealkylation sites (tertiary alicyclic amines) is 1. The van der Waals surface area contributed by atoms with Crippen LogP contribution in [0.1, 0.15) is 51.4 Å². The van der Waals surface area contributed by atoms with Gasteiger partial charge in [-0.2, -0.15) is 13.2 Å². The summed E-state index contributed by atoms with van der Waals surface area (Å²) >= 11 is 0. The predicted octanol–water partition coefficient (Wildman–Crippen LogP) is 6.15. The van der Waals surface area contributed by atoms with E-state index in [0.717, 1.165) is 55.2 Å². The monoisotopic (exact) mass is 470 g/mol. The smallest absolute Gasteiger partial charge is 0.348 e. The number of hydrogen-bond donors (Lipinski definition) is 1. The van der Waals surface area contributed by atoms with Gasteiger partial charge in [0, 0.05) is 13.1 Å². The maximum absolute atomic E-state index is 13.3. The van der Waals surface area contributed by atoms with E-state index in [1.54, 1.807) is 12.1 Å². The molecule has 178 valence electrons. The third-order valence-corrected chi connectivity index (χ3v) is 6.32. The zero-order valence-electron chi connectivity index (χ0n) is 18.6. The number of nitrogens with zero attached hydrogens (tertiary/aromatic N) is 1. The molecule has 1 aliphatic heterocycles. The van der Waals surface area contributed by atoms with E-state index in [4.69, 9.17) is 0 Å². The molecule has 0 aliphatic carbocycles. The Morgan fingerprint density at radius 1 is 0.912 bits per heavy atom. The first-order valence-electron chi connectivity index (χ1n) is 11.3. The summed E-state index contributed by atoms with van der Waals surface area (Å²) in [6, 6.07) is 19.1. The summed E-state index contributed by atoms with van der Waals surface area (Å²) in [5.41, 5.74) is 1.80. The van der Waals surface area contributed by atoms with Crippen molar-refractivity contribution in [2.45, 2.75) is 38.0 Å². The Balaban J connectivity index is 1.38. The van der Waals surface area contributed by atoms with Crippen LogP contribution in [0.4, 0.5) is 17.6 Å². The molecule has 0 bridgehead atoms. The number of alkyl halides is 3. The molecule has 1 N–H and O–H groups in total. The summed E-state index contributed by atoms with van der Waals surface area (Å²) in [4.78, 5) is 14.9. The van der Waals surface area contributed by atoms with E-state index in [-0.39, 0.29) is 17.9 Å². The number of carbonyl (C=O) groups excluding carboxylic acids is 1. The largest absolute Gasteiger partial charge is 0.417 e. The lowest BCUT2D eigenvalue weighted by molar-refractivity contribution is -0.137. The molecular formula is C27H26F4N2O. The molecule has 3 aromatic carbocycles. The molecule has 7 heteroatoms. The average Bonchev–Trinajstić information content (AvgIpc) is 2.84. The summed E-state index contributed by atoms with van der Waals surface area (Å²) in [6.07, 6.45) is -2.72. The lowest BCUT2D eigenvalue weighted by Crippen LogP contribution is -2.33. The Bertz CT molecular complexity index is 1120. The van der Waals surface area contributed by atoms with Crippen molar-refractivity contribution in [3.8, 4) is 0 Å². The lowest BCUT2D eigenvalue weighted by Gasteiger charge is -2.33. The molecule has 0 aromatic heterocycles. The number of halogens is 4. The SMILES string of the molecule is O=C(NCc1ccccc1C1CCN(Cc2ccc(F)cc2)CC1)c1ccccc1C(F)(F)F. The number of carbonyl (C=O) groups is 1. The number of hydrogen-bond acceptors (Lipinski definition) is 2. The fraction of sp³-hybridized carbons (Fsp3) is 0.296. The van der Waals surface area contributed by atoms with Crippen LogP contribution in [0.5, 0.6) is 0 Å². The fourth-order valence-corrected chi connectivity index (χ4v) is 4.54. The molecule has 1 aliphatic rings. The minimum absolute atomic E-state index is 0.164. The number of rotatable bonds is 6. The highest BCUT2D eigenvalue weighted by Crippen LogP contribution is 2.33. The van der Waals surface area contributed by atoms with Crippen molar-refractivity contribution in [3.05, 3.63) is 106 Å². The minimum Gasteiger partial charge on any atom is -0.348 e. The summed E-state index contributed by atoms with van der Waals surface area (Å²) in [5, 5.41) is 2.67. The number of nitrogens with one attached hydrogen (secondary N) is 1. The van der Waals surface area contributed by atoms with Crippen molar-refractivity contribution < 1.29 is 22.4 Å². The van der Waals surface area contributed by atoms with E-state index >= 15 is 0 Å². The van der Waals surface area contributed by atoms with Crippen molar-refractivity contribution in [1.29, 1.82) is 0 Å². The van der Waals surface area contributed by atoms with Crippen molar-refractivity contribution in [3.63, 3.8) is 0 Å². The molecule has 1 fully saturated rings. The van der Waals surface area contributed by atoms with Gasteiger partial charge in [0.25, 0.3) is 5.91 Å². The molecule has 34 heavy (non-hydrogen) atoms. The first-order valence-corrected chi connectivity index (χ1v) is 11.3. The first kappa shape index (κ1) is 24.0. The van der Waals surface area contributed by atoms with Gasteiger partial charge in [0.05, 0.1) is 11.1 Å². The highest BCUT2D eigenvalue weighted by Gasteiger charge is 2.34. The van der Waals surface area contributed by atoms with Gasteiger partial charge in [-0.1, -0.05) is 48.5 Å². The molecule has 0 atom stereocenters. The van der Waals surface area contributed by atoms with E-state index in [1.807, 2.05) is 24.3 Å². The zero-order chi connectivity index (χ0) is 24.1. The second-order valence-electron chi connectivity index (χ2n) is 8.60. The first-order chi connectivity index (χ1) is 16.3. The maximum Gasteiger partial charge on any atom is 0.417 e. The zero-order valence-corrected chi connectivity index (χ0v) is 18.6. The summed E-state index contributed by atoms with van der Waals surface area (Å²) in [5.74, 6) is -0.676. The standard InChI is InChI=1S/C27H26F4N2O/c28-22-11-9-19(10-12-22)18-33-15-13-20(14-16-33)23-6-2-1-5-21(23)17-32-26(34)24-7-3-4-8-25(24)27(29,30)31/h1-12,20H,13-18H2,(H,32,34). The molecule has 1 heterocycles. The molecule has 0 radical (unpaired) electrons. The number of piperidine rings is 1. The van der Waals surface area contributed by atoms with Gasteiger partial charge in [-0.3, -0.25) is 9.69 Å². The lowest BCUT2D eigenvalue weighted by atomic mass is 9.86. The average molecular weight is 471 g/mol. The molecule has 1 saturated heterocycles. The van der Waals surface area contributed by atoms with E-state index in [9.17, 15) is 22.4 Å². The Morgan fingerprint density at radius 2 is 1.56 bits per heavy atom. The summed E-state index contributed by atoms with van der Waals surface area (Å²) in [6.45, 7) is 2.71. The Morgan fingerprint density at radius 3 is 2.26 bits per heavy atom. The van der Waals surface area contributed by atoms with Crippen molar-refractivity contribution >= 4 is 5.91 Å². The van der Waals surface area contributed by atoms with Gasteiger partial charge in [-0.15, -0.1) is 0 Å². The highest BCUT2D eigenvalue weighted by molar-refractivity contribution is 5.95. The van der Waals surface area contributed by atoms with Crippen LogP contribution in [0.2, 0.25) is 0 Å². The van der Waals surface area contributed by atoms with Gasteiger partial charge in [0.1, 0.15) is 5.82 Å². The fourth-order valence-electron chi connectivity index (χ4n) is 4.54. The van der Waals surface area contributed by atoms with Crippen LogP contribution >= 0.6 is 0 Å². The van der Waals surface area contributed by atoms with Gasteiger partial charge < -0.3 is 5.32 Å². The van der Waals surface area contributed by atoms with E-state index in [0.29, 0.717) is 5.92 Å². The minimum atomic E-state index is -4.59. The highest BCUT2D eigenvalue weighted by atomic mass is 19.4. The van der Waals surface area contributed by atoms with Gasteiger partial charge >= 0.3 is 6.18 Å². The topological polar surface area (TPSA) is 32.3 Å². The second-order valence-corrected chi connectivity index (χ2v) is 8.60. The maximum atomic E-state index is 13.3. The summed E-state index contributed by atoms with van der Waals surface area (Å²) < 4.78 is 52.9. The molecule has 3 nitrogen and oxygen atoms in total. The van der Waals surface area contributed by atoms with Crippen molar-refractivity contribution in [1.82, 2.24) is 10.2 Å². The van der Waals surface area contributed by atoms with Crippen LogP contribution in [0.25, 0.3) is 0 Å². The van der Waals surface area contributed by atoms with Crippen LogP contribution < -0.4 is 5.32 Å². The molecule has 3 aromatic rings. The van der Waals surface area contributed by atoms with Gasteiger partial charge in [-0.25, -0.2) is 4.39 Å². The molecule has 0 unspecified atom stereocenters. The Labute approximate surface area is 196 Å². The second kappa shape index (κ2) is 10.4. The van der Waals surface area contributed by atoms with Crippen LogP contribution in [0.3, 0.4) is 0 Å². The molecular weight excluding hydrogens is 444 g/mol. The van der Waals surface area contributed by atoms with E-state index < -0.39 is 17.6 Å². The number of amides is 1. The molecule has 0 saturated carbocycles. The molecule has 1 amide bonds. The van der Waals surface area contributed by atoms with E-state index in [1.165, 1.54) is 30.3 Å². The quantitative estimate of drug-likeness (QED) is 0.438. The van der Waals surface area contributed by atoms with Gasteiger partial charge in [0.15, 0.2) is 0 Å². The van der Waals surface area contributed by atoms with Gasteiger partial charge in [-0.05, 0) is 72.8 Å². The Kier molecular flexibility index (Phi) is 7.32. The molecule has 4 rings (SSSR count). The summed E-state index contributed by atoms with van der Waals surface area (Å²) in [7, 11) is 0. The van der Waals surface area contributed by atoms with Crippen LogP contribution in [-0.2, 0) is 19.3 Å². The van der Waals surface area contributed by atoms with Crippen molar-refractivity contribution in [2.24, 2.45) is 0 Å². The predicted molar refractivity (Wildman–Crippen MR) is 123 cm³/mol. The molecule has 0 spiro atoms. The third-order valence-electron chi connectivity index (χ3n) is 6.32. The number of benzene rings is 3. The van der Waals surface area contributed by atoms with Crippen molar-refractivity contribution in [2.75, 3.05) is 13.1 Å². The van der Waals surface area contributed by atoms with Gasteiger partial charge in [0.2, 0.25) is 0 Å². The van der Waals surface area contributed by atoms with Crippen LogP contribution in [0.15, 0.2) is 72.8 Å². The van der Waals surface area contributed by atoms with Crippen LogP contribution in [-0.4, -0.2) is 23.9 Å². The normalized spacial score (nSPS) is 15.3. The Hall–Kier alpha value is -3.19. The van der Waals surface area contributed by atoms with Crippen LogP contribution in [0, 0.1) is 5.82 Å². The van der Waals surface area contributed by atoms with E-state index in [2.05, 4.69) is 10.2 Å².